The van der Waals surface area contributed by atoms with E-state index >= 15 is 0 Å². The van der Waals surface area contributed by atoms with Gasteiger partial charge in [0.25, 0.3) is 0 Å². The van der Waals surface area contributed by atoms with Crippen LogP contribution >= 0.6 is 0 Å². The molecule has 0 spiro atoms. The third-order valence-corrected chi connectivity index (χ3v) is 2.40. The number of aromatic nitrogens is 3. The third kappa shape index (κ3) is 2.90. The monoisotopic (exact) mass is 231 g/mol. The lowest BCUT2D eigenvalue weighted by molar-refractivity contribution is 0.111. The van der Waals surface area contributed by atoms with Crippen molar-refractivity contribution >= 4 is 6.29 Å². The predicted octanol–water partition coefficient (Wildman–Crippen LogP) is 1.25. The summed E-state index contributed by atoms with van der Waals surface area (Å²) in [6.45, 7) is 0.535. The maximum atomic E-state index is 10.4. The van der Waals surface area contributed by atoms with Crippen molar-refractivity contribution in [2.24, 2.45) is 7.05 Å². The van der Waals surface area contributed by atoms with Gasteiger partial charge in [0.1, 0.15) is 17.3 Å². The van der Waals surface area contributed by atoms with Crippen molar-refractivity contribution in [2.75, 3.05) is 6.61 Å². The molecular formula is C12H13N3O2. The number of carbonyl (C=O) groups excluding carboxylic acids is 1. The number of aryl methyl sites for hydroxylation is 1. The molecule has 0 radical (unpaired) electrons. The van der Waals surface area contributed by atoms with E-state index in [0.29, 0.717) is 24.3 Å². The van der Waals surface area contributed by atoms with Gasteiger partial charge in [-0.15, -0.1) is 0 Å². The molecule has 2 aromatic rings. The van der Waals surface area contributed by atoms with E-state index in [1.54, 1.807) is 24.5 Å². The highest BCUT2D eigenvalue weighted by atomic mass is 16.5. The molecule has 5 nitrogen and oxygen atoms in total. The quantitative estimate of drug-likeness (QED) is 0.727. The van der Waals surface area contributed by atoms with Crippen molar-refractivity contribution in [3.05, 3.63) is 42.2 Å². The van der Waals surface area contributed by atoms with Crippen LogP contribution in [0.25, 0.3) is 0 Å². The Morgan fingerprint density at radius 2 is 2.29 bits per heavy atom. The molecule has 0 aromatic carbocycles. The highest BCUT2D eigenvalue weighted by Gasteiger charge is 2.00. The Labute approximate surface area is 99.1 Å². The van der Waals surface area contributed by atoms with E-state index < -0.39 is 0 Å². The molecule has 0 fully saturated rings. The fraction of sp³-hybridized carbons (Fsp3) is 0.250. The summed E-state index contributed by atoms with van der Waals surface area (Å²) in [4.78, 5) is 18.5. The molecule has 0 aliphatic rings. The van der Waals surface area contributed by atoms with Crippen LogP contribution in [-0.4, -0.2) is 27.4 Å². The highest BCUT2D eigenvalue weighted by molar-refractivity contribution is 5.71. The van der Waals surface area contributed by atoms with Crippen LogP contribution in [-0.2, 0) is 13.5 Å². The van der Waals surface area contributed by atoms with E-state index in [4.69, 9.17) is 4.74 Å². The van der Waals surface area contributed by atoms with Gasteiger partial charge in [0.05, 0.1) is 12.8 Å². The van der Waals surface area contributed by atoms with E-state index in [1.165, 1.54) is 0 Å². The molecule has 0 aliphatic heterocycles. The standard InChI is InChI=1S/C12H13N3O2/c1-15-6-5-13-12(15)4-7-17-11-3-2-10(9-16)14-8-11/h2-3,5-6,8-9H,4,7H2,1H3. The molecule has 2 aromatic heterocycles. The smallest absolute Gasteiger partial charge is 0.168 e. The first kappa shape index (κ1) is 11.3. The zero-order valence-corrected chi connectivity index (χ0v) is 9.54. The van der Waals surface area contributed by atoms with E-state index in [1.807, 2.05) is 17.8 Å². The van der Waals surface area contributed by atoms with Gasteiger partial charge in [-0.3, -0.25) is 4.79 Å². The van der Waals surface area contributed by atoms with Gasteiger partial charge in [-0.25, -0.2) is 9.97 Å². The second kappa shape index (κ2) is 5.25. The van der Waals surface area contributed by atoms with Gasteiger partial charge < -0.3 is 9.30 Å². The summed E-state index contributed by atoms with van der Waals surface area (Å²) in [5, 5.41) is 0. The first-order valence-electron chi connectivity index (χ1n) is 5.30. The van der Waals surface area contributed by atoms with Crippen LogP contribution in [0.2, 0.25) is 0 Å². The minimum absolute atomic E-state index is 0.404. The average Bonchev–Trinajstić information content (AvgIpc) is 2.76. The molecule has 0 atom stereocenters. The van der Waals surface area contributed by atoms with Crippen LogP contribution in [0.15, 0.2) is 30.7 Å². The molecule has 17 heavy (non-hydrogen) atoms. The van der Waals surface area contributed by atoms with Crippen molar-refractivity contribution in [3.63, 3.8) is 0 Å². The zero-order valence-electron chi connectivity index (χ0n) is 9.54. The number of hydrogen-bond donors (Lipinski definition) is 0. The van der Waals surface area contributed by atoms with Crippen LogP contribution in [0.3, 0.4) is 0 Å². The maximum Gasteiger partial charge on any atom is 0.168 e. The van der Waals surface area contributed by atoms with Crippen LogP contribution < -0.4 is 4.74 Å². The minimum Gasteiger partial charge on any atom is -0.492 e. The van der Waals surface area contributed by atoms with E-state index in [2.05, 4.69) is 9.97 Å². The molecule has 5 heteroatoms. The fourth-order valence-electron chi connectivity index (χ4n) is 1.44. The summed E-state index contributed by atoms with van der Waals surface area (Å²) >= 11 is 0. The van der Waals surface area contributed by atoms with E-state index in [0.717, 1.165) is 12.2 Å². The van der Waals surface area contributed by atoms with Gasteiger partial charge in [-0.1, -0.05) is 0 Å². The molecule has 0 N–H and O–H groups in total. The van der Waals surface area contributed by atoms with E-state index in [9.17, 15) is 4.79 Å². The maximum absolute atomic E-state index is 10.4. The topological polar surface area (TPSA) is 57.0 Å². The highest BCUT2D eigenvalue weighted by Crippen LogP contribution is 2.08. The number of rotatable bonds is 5. The van der Waals surface area contributed by atoms with E-state index in [-0.39, 0.29) is 0 Å². The first-order valence-corrected chi connectivity index (χ1v) is 5.30. The Kier molecular flexibility index (Phi) is 3.49. The normalized spacial score (nSPS) is 10.2. The van der Waals surface area contributed by atoms with Gasteiger partial charge >= 0.3 is 0 Å². The molecule has 0 unspecified atom stereocenters. The first-order chi connectivity index (χ1) is 8.29. The fourth-order valence-corrected chi connectivity index (χ4v) is 1.44. The molecule has 0 bridgehead atoms. The summed E-state index contributed by atoms with van der Waals surface area (Å²) < 4.78 is 7.46. The van der Waals surface area contributed by atoms with Gasteiger partial charge in [0, 0.05) is 25.9 Å². The Balaban J connectivity index is 1.85. The average molecular weight is 231 g/mol. The van der Waals surface area contributed by atoms with Crippen LogP contribution in [0.5, 0.6) is 5.75 Å². The summed E-state index contributed by atoms with van der Waals surface area (Å²) in [7, 11) is 1.95. The number of aldehydes is 1. The minimum atomic E-state index is 0.404. The second-order valence-corrected chi connectivity index (χ2v) is 3.59. The molecule has 0 saturated heterocycles. The van der Waals surface area contributed by atoms with Crippen LogP contribution in [0.4, 0.5) is 0 Å². The molecule has 88 valence electrons. The van der Waals surface area contributed by atoms with Crippen LogP contribution in [0, 0.1) is 0 Å². The molecule has 0 saturated carbocycles. The van der Waals surface area contributed by atoms with Gasteiger partial charge in [-0.05, 0) is 12.1 Å². The van der Waals surface area contributed by atoms with Crippen LogP contribution in [0.1, 0.15) is 16.3 Å². The Bertz CT molecular complexity index is 491. The number of hydrogen-bond acceptors (Lipinski definition) is 4. The Morgan fingerprint density at radius 3 is 2.88 bits per heavy atom. The number of ether oxygens (including phenoxy) is 1. The van der Waals surface area contributed by atoms with Crippen molar-refractivity contribution in [1.82, 2.24) is 14.5 Å². The lowest BCUT2D eigenvalue weighted by Gasteiger charge is -2.05. The summed E-state index contributed by atoms with van der Waals surface area (Å²) in [6, 6.07) is 3.36. The summed E-state index contributed by atoms with van der Waals surface area (Å²) in [5.74, 6) is 1.63. The summed E-state index contributed by atoms with van der Waals surface area (Å²) in [5.41, 5.74) is 0.404. The third-order valence-electron chi connectivity index (χ3n) is 2.40. The number of carbonyl (C=O) groups is 1. The summed E-state index contributed by atoms with van der Waals surface area (Å²) in [6.07, 6.45) is 6.64. The van der Waals surface area contributed by atoms with Gasteiger partial charge in [-0.2, -0.15) is 0 Å². The molecule has 2 rings (SSSR count). The molecular weight excluding hydrogens is 218 g/mol. The Hall–Kier alpha value is -2.17. The number of pyridine rings is 1. The van der Waals surface area contributed by atoms with Crippen molar-refractivity contribution in [2.45, 2.75) is 6.42 Å². The lowest BCUT2D eigenvalue weighted by Crippen LogP contribution is -2.06. The number of nitrogens with zero attached hydrogens (tertiary/aromatic N) is 3. The van der Waals surface area contributed by atoms with Crippen molar-refractivity contribution < 1.29 is 9.53 Å². The van der Waals surface area contributed by atoms with Crippen molar-refractivity contribution in [3.8, 4) is 5.75 Å². The van der Waals surface area contributed by atoms with Crippen molar-refractivity contribution in [1.29, 1.82) is 0 Å². The predicted molar refractivity (Wildman–Crippen MR) is 62.0 cm³/mol. The zero-order chi connectivity index (χ0) is 12.1. The molecule has 2 heterocycles. The lowest BCUT2D eigenvalue weighted by atomic mass is 10.3. The molecule has 0 aliphatic carbocycles. The SMILES string of the molecule is Cn1ccnc1CCOc1ccc(C=O)nc1. The second-order valence-electron chi connectivity index (χ2n) is 3.59. The Morgan fingerprint density at radius 1 is 1.41 bits per heavy atom. The van der Waals surface area contributed by atoms with Gasteiger partial charge in [0.2, 0.25) is 0 Å². The molecule has 0 amide bonds. The van der Waals surface area contributed by atoms with Gasteiger partial charge in [0.15, 0.2) is 6.29 Å². The number of imidazole rings is 1. The largest absolute Gasteiger partial charge is 0.492 e.